The van der Waals surface area contributed by atoms with Crippen LogP contribution in [-0.4, -0.2) is 31.7 Å². The van der Waals surface area contributed by atoms with Gasteiger partial charge in [-0.2, -0.15) is 0 Å². The molecule has 0 radical (unpaired) electrons. The number of benzene rings is 1. The smallest absolute Gasteiger partial charge is 0.231 e. The van der Waals surface area contributed by atoms with Gasteiger partial charge in [0.1, 0.15) is 0 Å². The number of carbonyl (C=O) groups excluding carboxylic acids is 1. The first-order chi connectivity index (χ1) is 9.61. The van der Waals surface area contributed by atoms with E-state index in [1.54, 1.807) is 0 Å². The first kappa shape index (κ1) is 15.5. The van der Waals surface area contributed by atoms with Gasteiger partial charge in [0.2, 0.25) is 5.91 Å². The van der Waals surface area contributed by atoms with Crippen LogP contribution in [0.15, 0.2) is 22.7 Å². The highest BCUT2D eigenvalue weighted by Crippen LogP contribution is 2.25. The van der Waals surface area contributed by atoms with Crippen LogP contribution in [0.3, 0.4) is 0 Å². The Kier molecular flexibility index (Phi) is 5.57. The lowest BCUT2D eigenvalue weighted by atomic mass is 10.0. The van der Waals surface area contributed by atoms with Crippen LogP contribution in [0.25, 0.3) is 0 Å². The molecule has 1 aliphatic rings. The lowest BCUT2D eigenvalue weighted by Crippen LogP contribution is -2.41. The van der Waals surface area contributed by atoms with Crippen molar-refractivity contribution in [2.45, 2.75) is 26.3 Å². The number of hydrogen-bond donors (Lipinski definition) is 2. The number of rotatable bonds is 5. The molecule has 1 heterocycles. The molecular formula is C15H21BrN2O2. The zero-order valence-corrected chi connectivity index (χ0v) is 13.5. The van der Waals surface area contributed by atoms with Crippen LogP contribution in [0.5, 0.6) is 0 Å². The fourth-order valence-electron chi connectivity index (χ4n) is 2.30. The highest BCUT2D eigenvalue weighted by molar-refractivity contribution is 9.10. The average molecular weight is 341 g/mol. The molecule has 0 saturated carbocycles. The number of ether oxygens (including phenoxy) is 1. The van der Waals surface area contributed by atoms with Crippen LogP contribution >= 0.6 is 15.9 Å². The van der Waals surface area contributed by atoms with E-state index in [4.69, 9.17) is 4.74 Å². The summed E-state index contributed by atoms with van der Waals surface area (Å²) in [5, 5.41) is 6.37. The number of anilines is 1. The van der Waals surface area contributed by atoms with Crippen molar-refractivity contribution in [1.82, 2.24) is 5.32 Å². The third kappa shape index (κ3) is 3.81. The molecule has 2 unspecified atom stereocenters. The maximum absolute atomic E-state index is 12.4. The molecule has 1 amide bonds. The first-order valence-corrected chi connectivity index (χ1v) is 7.79. The summed E-state index contributed by atoms with van der Waals surface area (Å²) in [5.74, 6) is -0.114. The Balaban J connectivity index is 2.01. The predicted octanol–water partition coefficient (Wildman–Crippen LogP) is 2.71. The topological polar surface area (TPSA) is 50.4 Å². The molecule has 0 aliphatic carbocycles. The summed E-state index contributed by atoms with van der Waals surface area (Å²) >= 11 is 3.46. The van der Waals surface area contributed by atoms with Gasteiger partial charge in [-0.3, -0.25) is 4.79 Å². The van der Waals surface area contributed by atoms with Crippen LogP contribution < -0.4 is 10.6 Å². The fourth-order valence-corrected chi connectivity index (χ4v) is 2.65. The van der Waals surface area contributed by atoms with Gasteiger partial charge in [-0.25, -0.2) is 0 Å². The molecule has 20 heavy (non-hydrogen) atoms. The number of nitrogens with one attached hydrogen (secondary N) is 2. The molecule has 110 valence electrons. The third-order valence-corrected chi connectivity index (χ3v) is 4.15. The van der Waals surface area contributed by atoms with Crippen molar-refractivity contribution in [3.63, 3.8) is 0 Å². The van der Waals surface area contributed by atoms with Gasteiger partial charge in [0.05, 0.1) is 24.8 Å². The van der Waals surface area contributed by atoms with Crippen LogP contribution in [0.1, 0.15) is 18.9 Å². The lowest BCUT2D eigenvalue weighted by Gasteiger charge is -2.19. The van der Waals surface area contributed by atoms with Gasteiger partial charge in [0.15, 0.2) is 0 Å². The van der Waals surface area contributed by atoms with Crippen LogP contribution in [-0.2, 0) is 9.53 Å². The van der Waals surface area contributed by atoms with Crippen molar-refractivity contribution in [2.24, 2.45) is 5.92 Å². The van der Waals surface area contributed by atoms with E-state index in [2.05, 4.69) is 33.5 Å². The van der Waals surface area contributed by atoms with Gasteiger partial charge in [-0.15, -0.1) is 0 Å². The summed E-state index contributed by atoms with van der Waals surface area (Å²) in [5.41, 5.74) is 1.93. The monoisotopic (exact) mass is 340 g/mol. The summed E-state index contributed by atoms with van der Waals surface area (Å²) in [6.07, 6.45) is 1.05. The fraction of sp³-hybridized carbons (Fsp3) is 0.533. The molecule has 0 spiro atoms. The minimum Gasteiger partial charge on any atom is -0.379 e. The summed E-state index contributed by atoms with van der Waals surface area (Å²) < 4.78 is 6.34. The number of carbonyl (C=O) groups is 1. The van der Waals surface area contributed by atoms with Gasteiger partial charge in [-0.05, 0) is 53.5 Å². The molecule has 1 saturated heterocycles. The van der Waals surface area contributed by atoms with Crippen LogP contribution in [0.2, 0.25) is 0 Å². The standard InChI is InChI=1S/C15H21BrN2O2/c1-3-6-17-14-9-20-8-11(14)15(19)18-13-7-10(2)4-5-12(13)16/h4-5,7,11,14,17H,3,6,8-9H2,1-2H3,(H,18,19). The van der Waals surface area contributed by atoms with E-state index in [-0.39, 0.29) is 17.9 Å². The molecule has 2 atom stereocenters. The van der Waals surface area contributed by atoms with Gasteiger partial charge >= 0.3 is 0 Å². The molecule has 1 aromatic carbocycles. The summed E-state index contributed by atoms with van der Waals surface area (Å²) in [4.78, 5) is 12.4. The van der Waals surface area contributed by atoms with Crippen molar-refractivity contribution in [1.29, 1.82) is 0 Å². The Hall–Kier alpha value is -0.910. The van der Waals surface area contributed by atoms with E-state index < -0.39 is 0 Å². The normalized spacial score (nSPS) is 21.9. The molecule has 1 aromatic rings. The average Bonchev–Trinajstić information content (AvgIpc) is 2.89. The second-order valence-electron chi connectivity index (χ2n) is 5.18. The Labute approximate surface area is 128 Å². The Morgan fingerprint density at radius 2 is 2.25 bits per heavy atom. The molecule has 5 heteroatoms. The van der Waals surface area contributed by atoms with E-state index in [0.29, 0.717) is 13.2 Å². The van der Waals surface area contributed by atoms with Crippen LogP contribution in [0.4, 0.5) is 5.69 Å². The van der Waals surface area contributed by atoms with E-state index in [1.165, 1.54) is 0 Å². The summed E-state index contributed by atoms with van der Waals surface area (Å²) in [6, 6.07) is 6.03. The van der Waals surface area contributed by atoms with E-state index >= 15 is 0 Å². The second-order valence-corrected chi connectivity index (χ2v) is 6.03. The number of amides is 1. The number of halogens is 1. The van der Waals surface area contributed by atoms with Gasteiger partial charge in [0, 0.05) is 10.5 Å². The minimum absolute atomic E-state index is 0.0161. The third-order valence-electron chi connectivity index (χ3n) is 3.45. The number of aryl methyl sites for hydroxylation is 1. The minimum atomic E-state index is -0.131. The zero-order chi connectivity index (χ0) is 14.5. The molecule has 2 N–H and O–H groups in total. The van der Waals surface area contributed by atoms with E-state index in [1.807, 2.05) is 25.1 Å². The van der Waals surface area contributed by atoms with Gasteiger partial charge < -0.3 is 15.4 Å². The Morgan fingerprint density at radius 3 is 3.00 bits per heavy atom. The van der Waals surface area contributed by atoms with Crippen molar-refractivity contribution in [3.8, 4) is 0 Å². The molecule has 4 nitrogen and oxygen atoms in total. The summed E-state index contributed by atoms with van der Waals surface area (Å²) in [7, 11) is 0. The first-order valence-electron chi connectivity index (χ1n) is 7.00. The predicted molar refractivity (Wildman–Crippen MR) is 83.9 cm³/mol. The maximum atomic E-state index is 12.4. The highest BCUT2D eigenvalue weighted by Gasteiger charge is 2.33. The van der Waals surface area contributed by atoms with E-state index in [9.17, 15) is 4.79 Å². The quantitative estimate of drug-likeness (QED) is 0.866. The van der Waals surface area contributed by atoms with Crippen molar-refractivity contribution >= 4 is 27.5 Å². The van der Waals surface area contributed by atoms with Gasteiger partial charge in [0.25, 0.3) is 0 Å². The molecular weight excluding hydrogens is 320 g/mol. The summed E-state index contributed by atoms with van der Waals surface area (Å²) in [6.45, 7) is 6.11. The second kappa shape index (κ2) is 7.20. The SMILES string of the molecule is CCCNC1COCC1C(=O)Nc1cc(C)ccc1Br. The molecule has 2 rings (SSSR count). The largest absolute Gasteiger partial charge is 0.379 e. The maximum Gasteiger partial charge on any atom is 0.231 e. The molecule has 0 aromatic heterocycles. The van der Waals surface area contributed by atoms with Crippen molar-refractivity contribution < 1.29 is 9.53 Å². The van der Waals surface area contributed by atoms with Crippen molar-refractivity contribution in [3.05, 3.63) is 28.2 Å². The van der Waals surface area contributed by atoms with Crippen molar-refractivity contribution in [2.75, 3.05) is 25.1 Å². The Bertz CT molecular complexity index is 479. The van der Waals surface area contributed by atoms with Gasteiger partial charge in [-0.1, -0.05) is 13.0 Å². The molecule has 0 bridgehead atoms. The van der Waals surface area contributed by atoms with Crippen LogP contribution in [0, 0.1) is 12.8 Å². The zero-order valence-electron chi connectivity index (χ0n) is 11.9. The lowest BCUT2D eigenvalue weighted by molar-refractivity contribution is -0.120. The Morgan fingerprint density at radius 1 is 1.45 bits per heavy atom. The van der Waals surface area contributed by atoms with E-state index in [0.717, 1.165) is 28.7 Å². The molecule has 1 aliphatic heterocycles. The highest BCUT2D eigenvalue weighted by atomic mass is 79.9. The number of hydrogen-bond acceptors (Lipinski definition) is 3. The molecule has 1 fully saturated rings.